The molecule has 0 saturated carbocycles. The largest absolute Gasteiger partial charge is 0.491 e. The minimum atomic E-state index is -0.154. The van der Waals surface area contributed by atoms with Crippen LogP contribution in [-0.2, 0) is 9.53 Å². The van der Waals surface area contributed by atoms with E-state index < -0.39 is 0 Å². The first kappa shape index (κ1) is 21.6. The molecule has 0 spiro atoms. The molecule has 2 aromatic carbocycles. The molecular weight excluding hydrogens is 382 g/mol. The average molecular weight is 412 g/mol. The number of hydrogen-bond donors (Lipinski definition) is 2. The van der Waals surface area contributed by atoms with E-state index in [0.717, 1.165) is 17.9 Å². The maximum absolute atomic E-state index is 12.5. The highest BCUT2D eigenvalue weighted by Crippen LogP contribution is 2.18. The number of morpholine rings is 1. The molecule has 7 heteroatoms. The molecule has 1 saturated heterocycles. The first-order valence-electron chi connectivity index (χ1n) is 10.3. The van der Waals surface area contributed by atoms with Crippen LogP contribution >= 0.6 is 0 Å². The standard InChI is InChI=1S/C23H29N3O4/c1-3-17(2)30-21-10-8-20(9-11-21)25-22(27)16-24-19-6-4-18(5-7-19)23(28)26-12-14-29-15-13-26/h4-11,17,24H,3,12-16H2,1-2H3,(H,25,27). The zero-order chi connectivity index (χ0) is 21.3. The Morgan fingerprint density at radius 2 is 1.67 bits per heavy atom. The molecular formula is C23H29N3O4. The van der Waals surface area contributed by atoms with E-state index in [-0.39, 0.29) is 24.5 Å². The van der Waals surface area contributed by atoms with E-state index in [9.17, 15) is 9.59 Å². The number of carbonyl (C=O) groups is 2. The molecule has 0 aliphatic carbocycles. The summed E-state index contributed by atoms with van der Waals surface area (Å²) in [6.07, 6.45) is 1.09. The van der Waals surface area contributed by atoms with Crippen LogP contribution in [0.1, 0.15) is 30.6 Å². The number of amides is 2. The number of anilines is 2. The number of nitrogens with zero attached hydrogens (tertiary/aromatic N) is 1. The molecule has 1 atom stereocenters. The van der Waals surface area contributed by atoms with Gasteiger partial charge in [-0.15, -0.1) is 0 Å². The van der Waals surface area contributed by atoms with Gasteiger partial charge in [0.15, 0.2) is 0 Å². The van der Waals surface area contributed by atoms with Gasteiger partial charge in [0.25, 0.3) is 5.91 Å². The molecule has 2 amide bonds. The summed E-state index contributed by atoms with van der Waals surface area (Å²) >= 11 is 0. The Balaban J connectivity index is 1.45. The second-order valence-corrected chi connectivity index (χ2v) is 7.24. The van der Waals surface area contributed by atoms with Crippen LogP contribution < -0.4 is 15.4 Å². The van der Waals surface area contributed by atoms with Gasteiger partial charge in [0.2, 0.25) is 5.91 Å². The first-order chi connectivity index (χ1) is 14.5. The minimum Gasteiger partial charge on any atom is -0.491 e. The van der Waals surface area contributed by atoms with Crippen molar-refractivity contribution in [3.05, 3.63) is 54.1 Å². The van der Waals surface area contributed by atoms with Gasteiger partial charge in [-0.05, 0) is 61.9 Å². The van der Waals surface area contributed by atoms with E-state index in [1.54, 1.807) is 17.0 Å². The molecule has 1 unspecified atom stereocenters. The van der Waals surface area contributed by atoms with E-state index in [0.29, 0.717) is 37.6 Å². The van der Waals surface area contributed by atoms with Gasteiger partial charge in [-0.2, -0.15) is 0 Å². The molecule has 2 N–H and O–H groups in total. The summed E-state index contributed by atoms with van der Waals surface area (Å²) < 4.78 is 11.0. The van der Waals surface area contributed by atoms with E-state index in [1.165, 1.54) is 0 Å². The third-order valence-electron chi connectivity index (χ3n) is 4.93. The monoisotopic (exact) mass is 411 g/mol. The van der Waals surface area contributed by atoms with Crippen molar-refractivity contribution < 1.29 is 19.1 Å². The SMILES string of the molecule is CCC(C)Oc1ccc(NC(=O)CNc2ccc(C(=O)N3CCOCC3)cc2)cc1. The van der Waals surface area contributed by atoms with Crippen LogP contribution in [-0.4, -0.2) is 55.7 Å². The molecule has 0 radical (unpaired) electrons. The van der Waals surface area contributed by atoms with Crippen molar-refractivity contribution in [1.29, 1.82) is 0 Å². The van der Waals surface area contributed by atoms with Crippen LogP contribution in [0.3, 0.4) is 0 Å². The molecule has 1 heterocycles. The molecule has 1 aliphatic heterocycles. The fourth-order valence-electron chi connectivity index (χ4n) is 3.00. The smallest absolute Gasteiger partial charge is 0.254 e. The molecule has 160 valence electrons. The van der Waals surface area contributed by atoms with Gasteiger partial charge < -0.3 is 25.0 Å². The maximum Gasteiger partial charge on any atom is 0.254 e. The lowest BCUT2D eigenvalue weighted by atomic mass is 10.1. The Hall–Kier alpha value is -3.06. The normalized spacial score (nSPS) is 14.7. The number of carbonyl (C=O) groups excluding carboxylic acids is 2. The molecule has 3 rings (SSSR count). The van der Waals surface area contributed by atoms with Gasteiger partial charge in [0.1, 0.15) is 5.75 Å². The van der Waals surface area contributed by atoms with Crippen molar-refractivity contribution in [3.63, 3.8) is 0 Å². The zero-order valence-electron chi connectivity index (χ0n) is 17.5. The summed E-state index contributed by atoms with van der Waals surface area (Å²) in [6.45, 7) is 6.60. The molecule has 0 aromatic heterocycles. The third-order valence-corrected chi connectivity index (χ3v) is 4.93. The molecule has 1 fully saturated rings. The van der Waals surface area contributed by atoms with Crippen molar-refractivity contribution in [2.75, 3.05) is 43.5 Å². The quantitative estimate of drug-likeness (QED) is 0.696. The number of hydrogen-bond acceptors (Lipinski definition) is 5. The van der Waals surface area contributed by atoms with Crippen LogP contribution in [0.2, 0.25) is 0 Å². The van der Waals surface area contributed by atoms with E-state index in [4.69, 9.17) is 9.47 Å². The lowest BCUT2D eigenvalue weighted by Crippen LogP contribution is -2.40. The van der Waals surface area contributed by atoms with Gasteiger partial charge in [-0.1, -0.05) is 6.92 Å². The Bertz CT molecular complexity index is 831. The van der Waals surface area contributed by atoms with E-state index in [2.05, 4.69) is 17.6 Å². The highest BCUT2D eigenvalue weighted by atomic mass is 16.5. The average Bonchev–Trinajstić information content (AvgIpc) is 2.79. The van der Waals surface area contributed by atoms with Crippen molar-refractivity contribution in [1.82, 2.24) is 4.90 Å². The Morgan fingerprint density at radius 1 is 1.03 bits per heavy atom. The molecule has 7 nitrogen and oxygen atoms in total. The lowest BCUT2D eigenvalue weighted by molar-refractivity contribution is -0.114. The lowest BCUT2D eigenvalue weighted by Gasteiger charge is -2.26. The summed E-state index contributed by atoms with van der Waals surface area (Å²) in [7, 11) is 0. The van der Waals surface area contributed by atoms with Crippen LogP contribution in [0.15, 0.2) is 48.5 Å². The fraction of sp³-hybridized carbons (Fsp3) is 0.391. The molecule has 2 aromatic rings. The van der Waals surface area contributed by atoms with Gasteiger partial charge in [0.05, 0.1) is 25.9 Å². The number of rotatable bonds is 8. The predicted molar refractivity (Wildman–Crippen MR) is 117 cm³/mol. The van der Waals surface area contributed by atoms with Crippen molar-refractivity contribution >= 4 is 23.2 Å². The second-order valence-electron chi connectivity index (χ2n) is 7.24. The van der Waals surface area contributed by atoms with Crippen molar-refractivity contribution in [3.8, 4) is 5.75 Å². The van der Waals surface area contributed by atoms with E-state index >= 15 is 0 Å². The summed E-state index contributed by atoms with van der Waals surface area (Å²) in [4.78, 5) is 26.4. The van der Waals surface area contributed by atoms with Crippen molar-refractivity contribution in [2.45, 2.75) is 26.4 Å². The van der Waals surface area contributed by atoms with Crippen molar-refractivity contribution in [2.24, 2.45) is 0 Å². The molecule has 0 bridgehead atoms. The van der Waals surface area contributed by atoms with Crippen LogP contribution in [0.5, 0.6) is 5.75 Å². The summed E-state index contributed by atoms with van der Waals surface area (Å²) in [5, 5.41) is 5.92. The number of nitrogens with one attached hydrogen (secondary N) is 2. The summed E-state index contributed by atoms with van der Waals surface area (Å²) in [5.74, 6) is 0.634. The third kappa shape index (κ3) is 6.22. The molecule has 30 heavy (non-hydrogen) atoms. The van der Waals surface area contributed by atoms with Gasteiger partial charge in [-0.25, -0.2) is 0 Å². The highest BCUT2D eigenvalue weighted by Gasteiger charge is 2.18. The number of ether oxygens (including phenoxy) is 2. The fourth-order valence-corrected chi connectivity index (χ4v) is 3.00. The van der Waals surface area contributed by atoms with Crippen LogP contribution in [0.25, 0.3) is 0 Å². The Morgan fingerprint density at radius 3 is 2.30 bits per heavy atom. The second kappa shape index (κ2) is 10.6. The Labute approximate surface area is 177 Å². The minimum absolute atomic E-state index is 0.00310. The van der Waals surface area contributed by atoms with Crippen LogP contribution in [0.4, 0.5) is 11.4 Å². The summed E-state index contributed by atoms with van der Waals surface area (Å²) in [5.41, 5.74) is 2.12. The van der Waals surface area contributed by atoms with Gasteiger partial charge in [-0.3, -0.25) is 9.59 Å². The van der Waals surface area contributed by atoms with Gasteiger partial charge in [0, 0.05) is 30.0 Å². The van der Waals surface area contributed by atoms with Gasteiger partial charge >= 0.3 is 0 Å². The maximum atomic E-state index is 12.5. The topological polar surface area (TPSA) is 79.9 Å². The number of benzene rings is 2. The summed E-state index contributed by atoms with van der Waals surface area (Å²) in [6, 6.07) is 14.5. The predicted octanol–water partition coefficient (Wildman–Crippen LogP) is 3.39. The first-order valence-corrected chi connectivity index (χ1v) is 10.3. The van der Waals surface area contributed by atoms with Crippen LogP contribution in [0, 0.1) is 0 Å². The highest BCUT2D eigenvalue weighted by molar-refractivity contribution is 5.95. The zero-order valence-corrected chi connectivity index (χ0v) is 17.5. The Kier molecular flexibility index (Phi) is 7.68. The van der Waals surface area contributed by atoms with E-state index in [1.807, 2.05) is 43.3 Å². The molecule has 1 aliphatic rings.